The van der Waals surface area contributed by atoms with Gasteiger partial charge in [0.25, 0.3) is 0 Å². The van der Waals surface area contributed by atoms with Gasteiger partial charge in [0.15, 0.2) is 0 Å². The molecule has 0 fully saturated rings. The van der Waals surface area contributed by atoms with Crippen molar-refractivity contribution in [3.63, 3.8) is 0 Å². The molecule has 1 N–H and O–H groups in total. The third-order valence-electron chi connectivity index (χ3n) is 3.75. The first-order valence-corrected chi connectivity index (χ1v) is 9.38. The van der Waals surface area contributed by atoms with Crippen molar-refractivity contribution in [2.24, 2.45) is 0 Å². The molecule has 128 valence electrons. The van der Waals surface area contributed by atoms with Gasteiger partial charge in [-0.3, -0.25) is 4.79 Å². The number of benzene rings is 2. The lowest BCUT2D eigenvalue weighted by molar-refractivity contribution is -0.121. The number of carbonyl (C=O) groups excluding carboxylic acids is 1. The van der Waals surface area contributed by atoms with Gasteiger partial charge in [-0.25, -0.2) is 0 Å². The van der Waals surface area contributed by atoms with Crippen LogP contribution in [0.4, 0.5) is 0 Å². The molecule has 0 aliphatic rings. The molecule has 3 rings (SSSR count). The van der Waals surface area contributed by atoms with E-state index in [-0.39, 0.29) is 5.91 Å². The van der Waals surface area contributed by atoms with Gasteiger partial charge in [-0.15, -0.1) is 11.8 Å². The Kier molecular flexibility index (Phi) is 6.35. The van der Waals surface area contributed by atoms with Crippen LogP contribution in [0.2, 0.25) is 0 Å². The molecule has 1 aromatic heterocycles. The SMILES string of the molecule is O=C(CCc1ccc(-c2ccccc2)o1)NCCSc1ccccc1. The maximum absolute atomic E-state index is 11.9. The zero-order valence-corrected chi connectivity index (χ0v) is 14.8. The fourth-order valence-electron chi connectivity index (χ4n) is 2.47. The lowest BCUT2D eigenvalue weighted by atomic mass is 10.2. The summed E-state index contributed by atoms with van der Waals surface area (Å²) < 4.78 is 5.82. The maximum Gasteiger partial charge on any atom is 0.220 e. The summed E-state index contributed by atoms with van der Waals surface area (Å²) in [6.45, 7) is 0.672. The van der Waals surface area contributed by atoms with E-state index in [1.807, 2.05) is 60.7 Å². The molecule has 25 heavy (non-hydrogen) atoms. The summed E-state index contributed by atoms with van der Waals surface area (Å²) in [6, 6.07) is 24.1. The van der Waals surface area contributed by atoms with Crippen LogP contribution in [0.3, 0.4) is 0 Å². The van der Waals surface area contributed by atoms with E-state index in [9.17, 15) is 4.79 Å². The Bertz CT molecular complexity index is 784. The van der Waals surface area contributed by atoms with Crippen molar-refractivity contribution >= 4 is 17.7 Å². The van der Waals surface area contributed by atoms with E-state index in [2.05, 4.69) is 17.4 Å². The fraction of sp³-hybridized carbons (Fsp3) is 0.190. The summed E-state index contributed by atoms with van der Waals surface area (Å²) in [5.41, 5.74) is 1.05. The molecule has 1 heterocycles. The standard InChI is InChI=1S/C21H21NO2S/c23-21(22-15-16-25-19-9-5-2-6-10-19)14-12-18-11-13-20(24-18)17-7-3-1-4-8-17/h1-11,13H,12,14-16H2,(H,22,23). The Hall–Kier alpha value is -2.46. The average molecular weight is 351 g/mol. The van der Waals surface area contributed by atoms with Gasteiger partial charge in [0.05, 0.1) is 0 Å². The Balaban J connectivity index is 1.37. The van der Waals surface area contributed by atoms with Crippen molar-refractivity contribution < 1.29 is 9.21 Å². The molecule has 0 unspecified atom stereocenters. The summed E-state index contributed by atoms with van der Waals surface area (Å²) in [7, 11) is 0. The Morgan fingerprint density at radius 3 is 2.40 bits per heavy atom. The maximum atomic E-state index is 11.9. The number of rotatable bonds is 8. The highest BCUT2D eigenvalue weighted by atomic mass is 32.2. The van der Waals surface area contributed by atoms with Gasteiger partial charge in [0.2, 0.25) is 5.91 Å². The Labute approximate surface area is 152 Å². The molecule has 2 aromatic carbocycles. The number of furan rings is 1. The predicted octanol–water partition coefficient (Wildman–Crippen LogP) is 4.79. The van der Waals surface area contributed by atoms with E-state index in [1.54, 1.807) is 11.8 Å². The van der Waals surface area contributed by atoms with Gasteiger partial charge in [0.1, 0.15) is 11.5 Å². The molecule has 0 saturated heterocycles. The van der Waals surface area contributed by atoms with Crippen LogP contribution in [0.5, 0.6) is 0 Å². The number of hydrogen-bond acceptors (Lipinski definition) is 3. The van der Waals surface area contributed by atoms with Crippen molar-refractivity contribution in [2.75, 3.05) is 12.3 Å². The quantitative estimate of drug-likeness (QED) is 0.469. The number of amides is 1. The number of thioether (sulfide) groups is 1. The molecule has 0 radical (unpaired) electrons. The number of carbonyl (C=O) groups is 1. The fourth-order valence-corrected chi connectivity index (χ4v) is 3.26. The second kappa shape index (κ2) is 9.14. The van der Waals surface area contributed by atoms with E-state index in [0.717, 1.165) is 22.8 Å². The van der Waals surface area contributed by atoms with Crippen molar-refractivity contribution in [3.8, 4) is 11.3 Å². The van der Waals surface area contributed by atoms with Gasteiger partial charge in [-0.2, -0.15) is 0 Å². The van der Waals surface area contributed by atoms with E-state index < -0.39 is 0 Å². The van der Waals surface area contributed by atoms with Crippen molar-refractivity contribution in [1.82, 2.24) is 5.32 Å². The molecule has 0 saturated carbocycles. The smallest absolute Gasteiger partial charge is 0.220 e. The van der Waals surface area contributed by atoms with Crippen molar-refractivity contribution in [3.05, 3.63) is 78.6 Å². The summed E-state index contributed by atoms with van der Waals surface area (Å²) in [6.07, 6.45) is 1.06. The minimum absolute atomic E-state index is 0.0614. The first kappa shape index (κ1) is 17.4. The Morgan fingerprint density at radius 2 is 1.64 bits per heavy atom. The van der Waals surface area contributed by atoms with E-state index in [1.165, 1.54) is 4.90 Å². The molecular weight excluding hydrogens is 330 g/mol. The minimum Gasteiger partial charge on any atom is -0.461 e. The highest BCUT2D eigenvalue weighted by molar-refractivity contribution is 7.99. The van der Waals surface area contributed by atoms with Crippen molar-refractivity contribution in [1.29, 1.82) is 0 Å². The molecular formula is C21H21NO2S. The van der Waals surface area contributed by atoms with E-state index in [4.69, 9.17) is 4.42 Å². The average Bonchev–Trinajstić information content (AvgIpc) is 3.14. The van der Waals surface area contributed by atoms with Gasteiger partial charge in [-0.1, -0.05) is 48.5 Å². The van der Waals surface area contributed by atoms with Gasteiger partial charge in [0, 0.05) is 35.6 Å². The van der Waals surface area contributed by atoms with Crippen LogP contribution in [0.25, 0.3) is 11.3 Å². The van der Waals surface area contributed by atoms with Crippen LogP contribution < -0.4 is 5.32 Å². The summed E-state index contributed by atoms with van der Waals surface area (Å²) in [5.74, 6) is 2.61. The zero-order valence-electron chi connectivity index (χ0n) is 14.0. The third kappa shape index (κ3) is 5.54. The van der Waals surface area contributed by atoms with Crippen LogP contribution in [0.15, 0.2) is 82.1 Å². The zero-order chi connectivity index (χ0) is 17.3. The second-order valence-corrected chi connectivity index (χ2v) is 6.81. The first-order chi connectivity index (χ1) is 12.3. The monoisotopic (exact) mass is 351 g/mol. The predicted molar refractivity (Wildman–Crippen MR) is 103 cm³/mol. The molecule has 3 aromatic rings. The lowest BCUT2D eigenvalue weighted by Crippen LogP contribution is -2.25. The van der Waals surface area contributed by atoms with Gasteiger partial charge < -0.3 is 9.73 Å². The highest BCUT2D eigenvalue weighted by Gasteiger charge is 2.07. The topological polar surface area (TPSA) is 42.2 Å². The third-order valence-corrected chi connectivity index (χ3v) is 4.77. The number of hydrogen-bond donors (Lipinski definition) is 1. The van der Waals surface area contributed by atoms with Crippen LogP contribution in [-0.4, -0.2) is 18.2 Å². The van der Waals surface area contributed by atoms with Crippen LogP contribution in [-0.2, 0) is 11.2 Å². The normalized spacial score (nSPS) is 10.6. The van der Waals surface area contributed by atoms with Gasteiger partial charge >= 0.3 is 0 Å². The van der Waals surface area contributed by atoms with Gasteiger partial charge in [-0.05, 0) is 24.3 Å². The van der Waals surface area contributed by atoms with E-state index in [0.29, 0.717) is 19.4 Å². The molecule has 0 spiro atoms. The first-order valence-electron chi connectivity index (χ1n) is 8.40. The molecule has 0 atom stereocenters. The molecule has 0 bridgehead atoms. The van der Waals surface area contributed by atoms with Crippen LogP contribution in [0.1, 0.15) is 12.2 Å². The molecule has 1 amide bonds. The van der Waals surface area contributed by atoms with Crippen LogP contribution in [0, 0.1) is 0 Å². The summed E-state index contributed by atoms with van der Waals surface area (Å²) in [4.78, 5) is 13.2. The molecule has 3 nitrogen and oxygen atoms in total. The number of nitrogens with one attached hydrogen (secondary N) is 1. The molecule has 4 heteroatoms. The Morgan fingerprint density at radius 1 is 0.920 bits per heavy atom. The molecule has 0 aliphatic heterocycles. The van der Waals surface area contributed by atoms with Crippen LogP contribution >= 0.6 is 11.8 Å². The molecule has 0 aliphatic carbocycles. The summed E-state index contributed by atoms with van der Waals surface area (Å²) >= 11 is 1.74. The highest BCUT2D eigenvalue weighted by Crippen LogP contribution is 2.22. The largest absolute Gasteiger partial charge is 0.461 e. The minimum atomic E-state index is 0.0614. The van der Waals surface area contributed by atoms with E-state index >= 15 is 0 Å². The lowest BCUT2D eigenvalue weighted by Gasteiger charge is -2.04. The van der Waals surface area contributed by atoms with Crippen molar-refractivity contribution in [2.45, 2.75) is 17.7 Å². The summed E-state index contributed by atoms with van der Waals surface area (Å²) in [5, 5.41) is 2.96. The number of aryl methyl sites for hydroxylation is 1. The second-order valence-electron chi connectivity index (χ2n) is 5.64.